The molecule has 0 amide bonds. The maximum Gasteiger partial charge on any atom is 0.330 e. The number of aryl methyl sites for hydroxylation is 1. The van der Waals surface area contributed by atoms with Crippen LogP contribution in [0.1, 0.15) is 24.5 Å². The molecule has 1 aliphatic heterocycles. The highest BCUT2D eigenvalue weighted by atomic mass is 16.5. The van der Waals surface area contributed by atoms with Crippen molar-refractivity contribution in [3.05, 3.63) is 47.5 Å². The van der Waals surface area contributed by atoms with Gasteiger partial charge < -0.3 is 19.1 Å². The van der Waals surface area contributed by atoms with E-state index in [2.05, 4.69) is 30.1 Å². The molecule has 148 valence electrons. The Hall–Kier alpha value is -2.95. The fraction of sp³-hybridized carbons (Fsp3) is 0.348. The number of rotatable bonds is 5. The summed E-state index contributed by atoms with van der Waals surface area (Å²) >= 11 is 0. The van der Waals surface area contributed by atoms with Gasteiger partial charge in [-0.15, -0.1) is 0 Å². The van der Waals surface area contributed by atoms with E-state index >= 15 is 0 Å². The molecule has 0 aromatic heterocycles. The number of carbonyl (C=O) groups is 1. The molecule has 0 fully saturated rings. The van der Waals surface area contributed by atoms with Gasteiger partial charge in [0.05, 0.1) is 21.3 Å². The summed E-state index contributed by atoms with van der Waals surface area (Å²) in [6.45, 7) is 2.96. The molecule has 0 radical (unpaired) electrons. The summed E-state index contributed by atoms with van der Waals surface area (Å²) in [5.41, 5.74) is 6.29. The summed E-state index contributed by atoms with van der Waals surface area (Å²) < 4.78 is 16.0. The molecular formula is C23H27NO4. The SMILES string of the molecule is COC(=O)/C=C(\C)c1cc(OC)c(OC)c(-c2ccc3c(c2)CCCN3C)c1. The van der Waals surface area contributed by atoms with Gasteiger partial charge in [0.1, 0.15) is 0 Å². The molecule has 2 aromatic rings. The first-order valence-corrected chi connectivity index (χ1v) is 9.35. The number of hydrogen-bond donors (Lipinski definition) is 0. The Kier molecular flexibility index (Phi) is 5.93. The summed E-state index contributed by atoms with van der Waals surface area (Å²) in [6.07, 6.45) is 3.69. The number of hydrogen-bond acceptors (Lipinski definition) is 5. The van der Waals surface area contributed by atoms with E-state index in [0.717, 1.165) is 41.6 Å². The van der Waals surface area contributed by atoms with Crippen molar-refractivity contribution in [3.63, 3.8) is 0 Å². The monoisotopic (exact) mass is 381 g/mol. The summed E-state index contributed by atoms with van der Waals surface area (Å²) in [7, 11) is 6.76. The number of esters is 1. The van der Waals surface area contributed by atoms with Crippen LogP contribution in [0.4, 0.5) is 5.69 Å². The van der Waals surface area contributed by atoms with Gasteiger partial charge in [-0.25, -0.2) is 4.79 Å². The smallest absolute Gasteiger partial charge is 0.330 e. The van der Waals surface area contributed by atoms with Crippen LogP contribution in [0.2, 0.25) is 0 Å². The Morgan fingerprint density at radius 2 is 1.89 bits per heavy atom. The Morgan fingerprint density at radius 1 is 1.11 bits per heavy atom. The van der Waals surface area contributed by atoms with Crippen LogP contribution in [-0.4, -0.2) is 40.9 Å². The summed E-state index contributed by atoms with van der Waals surface area (Å²) in [4.78, 5) is 14.0. The lowest BCUT2D eigenvalue weighted by atomic mass is 9.93. The summed E-state index contributed by atoms with van der Waals surface area (Å²) in [5.74, 6) is 0.925. The van der Waals surface area contributed by atoms with Crippen LogP contribution in [0.3, 0.4) is 0 Å². The van der Waals surface area contributed by atoms with E-state index in [0.29, 0.717) is 11.5 Å². The number of allylic oxidation sites excluding steroid dienone is 1. The van der Waals surface area contributed by atoms with E-state index in [4.69, 9.17) is 14.2 Å². The third-order valence-electron chi connectivity index (χ3n) is 5.21. The molecule has 28 heavy (non-hydrogen) atoms. The predicted octanol–water partition coefficient (Wildman–Crippen LogP) is 4.33. The second-order valence-electron chi connectivity index (χ2n) is 6.98. The largest absolute Gasteiger partial charge is 0.493 e. The zero-order valence-electron chi connectivity index (χ0n) is 17.2. The highest BCUT2D eigenvalue weighted by molar-refractivity contribution is 5.92. The molecule has 0 unspecified atom stereocenters. The number of benzene rings is 2. The van der Waals surface area contributed by atoms with Gasteiger partial charge in [-0.2, -0.15) is 0 Å². The Bertz CT molecular complexity index is 917. The topological polar surface area (TPSA) is 48.0 Å². The standard InChI is InChI=1S/C23H27NO4/c1-15(11-22(25)27-4)18-13-19(23(28-5)21(14-18)26-3)16-8-9-20-17(12-16)7-6-10-24(20)2/h8-9,11-14H,6-7,10H2,1-5H3/b15-11+. The van der Waals surface area contributed by atoms with Gasteiger partial charge in [-0.3, -0.25) is 0 Å². The third kappa shape index (κ3) is 3.84. The van der Waals surface area contributed by atoms with Crippen LogP contribution >= 0.6 is 0 Å². The van der Waals surface area contributed by atoms with Crippen molar-refractivity contribution >= 4 is 17.2 Å². The van der Waals surface area contributed by atoms with E-state index in [-0.39, 0.29) is 5.97 Å². The quantitative estimate of drug-likeness (QED) is 0.570. The van der Waals surface area contributed by atoms with E-state index < -0.39 is 0 Å². The molecule has 2 aromatic carbocycles. The minimum Gasteiger partial charge on any atom is -0.493 e. The molecule has 0 saturated heterocycles. The summed E-state index contributed by atoms with van der Waals surface area (Å²) in [6, 6.07) is 10.4. The molecule has 0 atom stereocenters. The normalized spacial score (nSPS) is 13.8. The van der Waals surface area contributed by atoms with E-state index in [1.54, 1.807) is 14.2 Å². The Balaban J connectivity index is 2.15. The number of ether oxygens (including phenoxy) is 3. The lowest BCUT2D eigenvalue weighted by Gasteiger charge is -2.28. The lowest BCUT2D eigenvalue weighted by molar-refractivity contribution is -0.134. The number of nitrogens with zero attached hydrogens (tertiary/aromatic N) is 1. The molecule has 0 N–H and O–H groups in total. The lowest BCUT2D eigenvalue weighted by Crippen LogP contribution is -2.24. The maximum atomic E-state index is 11.7. The average molecular weight is 381 g/mol. The van der Waals surface area contributed by atoms with Gasteiger partial charge in [0.15, 0.2) is 11.5 Å². The van der Waals surface area contributed by atoms with Crippen molar-refractivity contribution in [2.24, 2.45) is 0 Å². The highest BCUT2D eigenvalue weighted by Crippen LogP contribution is 2.42. The predicted molar refractivity (Wildman–Crippen MR) is 112 cm³/mol. The van der Waals surface area contributed by atoms with Crippen LogP contribution in [0.5, 0.6) is 11.5 Å². The molecule has 0 aliphatic carbocycles. The molecule has 5 heteroatoms. The fourth-order valence-corrected chi connectivity index (χ4v) is 3.68. The molecule has 1 aliphatic rings. The molecule has 5 nitrogen and oxygen atoms in total. The van der Waals surface area contributed by atoms with Gasteiger partial charge in [0.2, 0.25) is 0 Å². The second-order valence-corrected chi connectivity index (χ2v) is 6.98. The zero-order valence-corrected chi connectivity index (χ0v) is 17.2. The minimum absolute atomic E-state index is 0.384. The molecule has 0 spiro atoms. The molecular weight excluding hydrogens is 354 g/mol. The first-order valence-electron chi connectivity index (χ1n) is 9.35. The van der Waals surface area contributed by atoms with Crippen LogP contribution in [0.15, 0.2) is 36.4 Å². The van der Waals surface area contributed by atoms with Crippen LogP contribution in [0.25, 0.3) is 16.7 Å². The van der Waals surface area contributed by atoms with Gasteiger partial charge in [0.25, 0.3) is 0 Å². The van der Waals surface area contributed by atoms with Crippen LogP contribution in [0, 0.1) is 0 Å². The number of methoxy groups -OCH3 is 3. The average Bonchev–Trinajstić information content (AvgIpc) is 2.72. The van der Waals surface area contributed by atoms with Crippen molar-refractivity contribution in [1.82, 2.24) is 0 Å². The highest BCUT2D eigenvalue weighted by Gasteiger charge is 2.19. The van der Waals surface area contributed by atoms with Crippen molar-refractivity contribution in [2.75, 3.05) is 39.8 Å². The molecule has 0 bridgehead atoms. The van der Waals surface area contributed by atoms with Crippen LogP contribution < -0.4 is 14.4 Å². The molecule has 1 heterocycles. The molecule has 3 rings (SSSR count). The van der Waals surface area contributed by atoms with E-state index in [1.807, 2.05) is 19.1 Å². The van der Waals surface area contributed by atoms with Crippen LogP contribution in [-0.2, 0) is 16.0 Å². The van der Waals surface area contributed by atoms with Crippen molar-refractivity contribution in [3.8, 4) is 22.6 Å². The number of fused-ring (bicyclic) bond motifs is 1. The van der Waals surface area contributed by atoms with E-state index in [9.17, 15) is 4.79 Å². The van der Waals surface area contributed by atoms with Crippen molar-refractivity contribution in [1.29, 1.82) is 0 Å². The number of carbonyl (C=O) groups excluding carboxylic acids is 1. The third-order valence-corrected chi connectivity index (χ3v) is 5.21. The van der Waals surface area contributed by atoms with Gasteiger partial charge in [-0.1, -0.05) is 6.07 Å². The zero-order chi connectivity index (χ0) is 20.3. The van der Waals surface area contributed by atoms with Crippen molar-refractivity contribution in [2.45, 2.75) is 19.8 Å². The van der Waals surface area contributed by atoms with Gasteiger partial charge >= 0.3 is 5.97 Å². The number of anilines is 1. The maximum absolute atomic E-state index is 11.7. The fourth-order valence-electron chi connectivity index (χ4n) is 3.68. The van der Waals surface area contributed by atoms with Gasteiger partial charge in [-0.05, 0) is 66.3 Å². The summed E-state index contributed by atoms with van der Waals surface area (Å²) in [5, 5.41) is 0. The molecule has 0 saturated carbocycles. The Morgan fingerprint density at radius 3 is 2.57 bits per heavy atom. The van der Waals surface area contributed by atoms with Gasteiger partial charge in [0, 0.05) is 30.9 Å². The minimum atomic E-state index is -0.384. The Labute approximate surface area is 166 Å². The first kappa shape index (κ1) is 19.8. The first-order chi connectivity index (χ1) is 13.5. The van der Waals surface area contributed by atoms with E-state index in [1.165, 1.54) is 24.4 Å². The second kappa shape index (κ2) is 8.38. The van der Waals surface area contributed by atoms with Crippen molar-refractivity contribution < 1.29 is 19.0 Å².